The van der Waals surface area contributed by atoms with Gasteiger partial charge in [0.2, 0.25) is 5.91 Å². The van der Waals surface area contributed by atoms with E-state index in [1.54, 1.807) is 7.11 Å². The van der Waals surface area contributed by atoms with E-state index in [2.05, 4.69) is 10.3 Å². The maximum atomic E-state index is 11.5. The van der Waals surface area contributed by atoms with Crippen LogP contribution in [-0.4, -0.2) is 22.6 Å². The van der Waals surface area contributed by atoms with Crippen molar-refractivity contribution in [2.75, 3.05) is 7.11 Å². The van der Waals surface area contributed by atoms with E-state index in [-0.39, 0.29) is 5.91 Å². The van der Waals surface area contributed by atoms with Gasteiger partial charge < -0.3 is 14.6 Å². The number of hydrogen-bond donors (Lipinski definition) is 1. The van der Waals surface area contributed by atoms with Gasteiger partial charge in [0.25, 0.3) is 0 Å². The molecule has 1 aromatic heterocycles. The molecule has 0 atom stereocenters. The largest absolute Gasteiger partial charge is 0.497 e. The summed E-state index contributed by atoms with van der Waals surface area (Å²) in [4.78, 5) is 16.0. The number of ether oxygens (including phenoxy) is 1. The van der Waals surface area contributed by atoms with Crippen LogP contribution in [0.4, 0.5) is 0 Å². The van der Waals surface area contributed by atoms with Gasteiger partial charge in [-0.15, -0.1) is 0 Å². The molecule has 19 heavy (non-hydrogen) atoms. The van der Waals surface area contributed by atoms with Crippen LogP contribution in [-0.2, 0) is 18.4 Å². The molecule has 1 heterocycles. The van der Waals surface area contributed by atoms with E-state index in [0.29, 0.717) is 13.0 Å². The molecule has 5 nitrogen and oxygen atoms in total. The molecule has 102 valence electrons. The van der Waals surface area contributed by atoms with Crippen molar-refractivity contribution in [2.24, 2.45) is 7.05 Å². The number of carbonyl (C=O) groups is 1. The fourth-order valence-corrected chi connectivity index (χ4v) is 2.01. The van der Waals surface area contributed by atoms with Crippen LogP contribution in [0.2, 0.25) is 0 Å². The first-order valence-electron chi connectivity index (χ1n) is 6.41. The summed E-state index contributed by atoms with van der Waals surface area (Å²) in [5, 5.41) is 2.88. The first-order chi connectivity index (χ1) is 9.15. The number of amides is 1. The van der Waals surface area contributed by atoms with Crippen LogP contribution >= 0.6 is 0 Å². The highest BCUT2D eigenvalue weighted by Gasteiger charge is 2.09. The summed E-state index contributed by atoms with van der Waals surface area (Å²) in [6.45, 7) is 2.44. The lowest BCUT2D eigenvalue weighted by Crippen LogP contribution is -2.23. The summed E-state index contributed by atoms with van der Waals surface area (Å²) in [5.74, 6) is 1.69. The van der Waals surface area contributed by atoms with E-state index < -0.39 is 0 Å². The Labute approximate surface area is 112 Å². The van der Waals surface area contributed by atoms with E-state index in [4.69, 9.17) is 4.74 Å². The second-order valence-corrected chi connectivity index (χ2v) is 4.47. The predicted molar refractivity (Wildman–Crippen MR) is 74.0 cm³/mol. The predicted octanol–water partition coefficient (Wildman–Crippen LogP) is 2.00. The van der Waals surface area contributed by atoms with Crippen molar-refractivity contribution < 1.29 is 9.53 Å². The van der Waals surface area contributed by atoms with E-state index >= 15 is 0 Å². The highest BCUT2D eigenvalue weighted by Crippen LogP contribution is 2.20. The number of aromatic nitrogens is 2. The lowest BCUT2D eigenvalue weighted by atomic mass is 10.3. The van der Waals surface area contributed by atoms with Gasteiger partial charge in [-0.05, 0) is 18.6 Å². The number of nitrogens with zero attached hydrogens (tertiary/aromatic N) is 2. The van der Waals surface area contributed by atoms with Crippen LogP contribution < -0.4 is 10.1 Å². The Morgan fingerprint density at radius 2 is 2.26 bits per heavy atom. The zero-order chi connectivity index (χ0) is 13.8. The maximum absolute atomic E-state index is 11.5. The van der Waals surface area contributed by atoms with Gasteiger partial charge in [-0.3, -0.25) is 4.79 Å². The number of imidazole rings is 1. The average Bonchev–Trinajstić information content (AvgIpc) is 2.73. The Kier molecular flexibility index (Phi) is 4.04. The summed E-state index contributed by atoms with van der Waals surface area (Å²) >= 11 is 0. The van der Waals surface area contributed by atoms with Crippen LogP contribution in [0.3, 0.4) is 0 Å². The van der Waals surface area contributed by atoms with Crippen molar-refractivity contribution in [1.82, 2.24) is 14.9 Å². The van der Waals surface area contributed by atoms with Crippen molar-refractivity contribution in [2.45, 2.75) is 26.3 Å². The van der Waals surface area contributed by atoms with Crippen LogP contribution in [0.1, 0.15) is 25.6 Å². The summed E-state index contributed by atoms with van der Waals surface area (Å²) in [7, 11) is 3.58. The van der Waals surface area contributed by atoms with Crippen molar-refractivity contribution in [3.05, 3.63) is 24.0 Å². The van der Waals surface area contributed by atoms with E-state index in [1.165, 1.54) is 0 Å². The van der Waals surface area contributed by atoms with Crippen molar-refractivity contribution >= 4 is 16.9 Å². The van der Waals surface area contributed by atoms with E-state index in [1.807, 2.05) is 36.7 Å². The quantitative estimate of drug-likeness (QED) is 0.895. The molecule has 0 aliphatic rings. The number of benzene rings is 1. The molecule has 0 unspecified atom stereocenters. The van der Waals surface area contributed by atoms with Crippen molar-refractivity contribution in [3.63, 3.8) is 0 Å². The topological polar surface area (TPSA) is 56.1 Å². The van der Waals surface area contributed by atoms with E-state index in [9.17, 15) is 4.79 Å². The molecule has 1 amide bonds. The monoisotopic (exact) mass is 261 g/mol. The fourth-order valence-electron chi connectivity index (χ4n) is 2.01. The second kappa shape index (κ2) is 5.73. The second-order valence-electron chi connectivity index (χ2n) is 4.47. The summed E-state index contributed by atoms with van der Waals surface area (Å²) in [6.07, 6.45) is 1.41. The average molecular weight is 261 g/mol. The Balaban J connectivity index is 2.19. The molecule has 0 saturated carbocycles. The molecule has 5 heteroatoms. The molecule has 1 aromatic carbocycles. The van der Waals surface area contributed by atoms with Crippen LogP contribution in [0.15, 0.2) is 18.2 Å². The number of nitrogens with one attached hydrogen (secondary N) is 1. The minimum Gasteiger partial charge on any atom is -0.497 e. The third-order valence-corrected chi connectivity index (χ3v) is 3.10. The molecule has 0 bridgehead atoms. The smallest absolute Gasteiger partial charge is 0.220 e. The molecule has 2 rings (SSSR count). The number of carbonyl (C=O) groups excluding carboxylic acids is 1. The van der Waals surface area contributed by atoms with Crippen LogP contribution in [0.25, 0.3) is 11.0 Å². The molecule has 1 N–H and O–H groups in total. The molecule has 0 aliphatic heterocycles. The van der Waals surface area contributed by atoms with Gasteiger partial charge >= 0.3 is 0 Å². The summed E-state index contributed by atoms with van der Waals surface area (Å²) in [6, 6.07) is 5.77. The minimum atomic E-state index is 0.0622. The Morgan fingerprint density at radius 3 is 2.95 bits per heavy atom. The highest BCUT2D eigenvalue weighted by atomic mass is 16.5. The van der Waals surface area contributed by atoms with Gasteiger partial charge in [0, 0.05) is 19.5 Å². The summed E-state index contributed by atoms with van der Waals surface area (Å²) < 4.78 is 7.17. The number of aryl methyl sites for hydroxylation is 1. The SMILES string of the molecule is CCCC(=O)NCc1nc2cc(OC)ccc2n1C. The lowest BCUT2D eigenvalue weighted by molar-refractivity contribution is -0.121. The lowest BCUT2D eigenvalue weighted by Gasteiger charge is -2.04. The third kappa shape index (κ3) is 2.86. The molecular formula is C14H19N3O2. The normalized spacial score (nSPS) is 10.7. The van der Waals surface area contributed by atoms with Crippen molar-refractivity contribution in [3.8, 4) is 5.75 Å². The third-order valence-electron chi connectivity index (χ3n) is 3.10. The molecule has 2 aromatic rings. The Hall–Kier alpha value is -2.04. The van der Waals surface area contributed by atoms with Crippen molar-refractivity contribution in [1.29, 1.82) is 0 Å². The van der Waals surface area contributed by atoms with Crippen LogP contribution in [0, 0.1) is 0 Å². The maximum Gasteiger partial charge on any atom is 0.220 e. The molecular weight excluding hydrogens is 242 g/mol. The Bertz CT molecular complexity index is 590. The molecule has 0 spiro atoms. The summed E-state index contributed by atoms with van der Waals surface area (Å²) in [5.41, 5.74) is 1.90. The van der Waals surface area contributed by atoms with Gasteiger partial charge in [-0.2, -0.15) is 0 Å². The first kappa shape index (κ1) is 13.4. The van der Waals surface area contributed by atoms with Gasteiger partial charge in [-0.1, -0.05) is 6.92 Å². The number of methoxy groups -OCH3 is 1. The fraction of sp³-hybridized carbons (Fsp3) is 0.429. The zero-order valence-electron chi connectivity index (χ0n) is 11.6. The van der Waals surface area contributed by atoms with Crippen LogP contribution in [0.5, 0.6) is 5.75 Å². The minimum absolute atomic E-state index is 0.0622. The van der Waals surface area contributed by atoms with E-state index in [0.717, 1.165) is 29.0 Å². The first-order valence-corrected chi connectivity index (χ1v) is 6.41. The molecule has 0 aliphatic carbocycles. The Morgan fingerprint density at radius 1 is 1.47 bits per heavy atom. The highest BCUT2D eigenvalue weighted by molar-refractivity contribution is 5.78. The van der Waals surface area contributed by atoms with Gasteiger partial charge in [0.1, 0.15) is 11.6 Å². The zero-order valence-corrected chi connectivity index (χ0v) is 11.6. The standard InChI is InChI=1S/C14H19N3O2/c1-4-5-14(18)15-9-13-16-11-8-10(19-3)6-7-12(11)17(13)2/h6-8H,4-5,9H2,1-3H3,(H,15,18). The number of fused-ring (bicyclic) bond motifs is 1. The van der Waals surface area contributed by atoms with Gasteiger partial charge in [-0.25, -0.2) is 4.98 Å². The van der Waals surface area contributed by atoms with Gasteiger partial charge in [0.05, 0.1) is 24.7 Å². The number of hydrogen-bond acceptors (Lipinski definition) is 3. The van der Waals surface area contributed by atoms with Gasteiger partial charge in [0.15, 0.2) is 0 Å². The number of rotatable bonds is 5. The molecule has 0 saturated heterocycles. The molecule has 0 fully saturated rings. The molecule has 0 radical (unpaired) electrons.